The van der Waals surface area contributed by atoms with Crippen LogP contribution in [-0.2, 0) is 6.54 Å². The summed E-state index contributed by atoms with van der Waals surface area (Å²) >= 11 is 0. The fraction of sp³-hybridized carbons (Fsp3) is 0.909. The van der Waals surface area contributed by atoms with Crippen LogP contribution in [0.4, 0.5) is 0 Å². The molecule has 0 saturated carbocycles. The molecule has 2 heterocycles. The van der Waals surface area contributed by atoms with Gasteiger partial charge in [-0.05, 0) is 31.8 Å². The van der Waals surface area contributed by atoms with Gasteiger partial charge < -0.3 is 10.2 Å². The lowest BCUT2D eigenvalue weighted by molar-refractivity contribution is 0.179. The maximum Gasteiger partial charge on any atom is 0.188 e. The second-order valence-electron chi connectivity index (χ2n) is 5.18. The lowest BCUT2D eigenvalue weighted by Crippen LogP contribution is -2.43. The first-order chi connectivity index (χ1) is 8.24. The lowest BCUT2D eigenvalue weighted by atomic mass is 10.0. The number of likely N-dealkylation sites (tertiary alicyclic amines) is 1. The summed E-state index contributed by atoms with van der Waals surface area (Å²) < 4.78 is 0. The van der Waals surface area contributed by atoms with E-state index in [-0.39, 0.29) is 0 Å². The summed E-state index contributed by atoms with van der Waals surface area (Å²) in [7, 11) is 0. The molecular formula is C11H22N6. The van der Waals surface area contributed by atoms with E-state index in [9.17, 15) is 0 Å². The molecule has 1 aromatic rings. The Morgan fingerprint density at radius 1 is 1.41 bits per heavy atom. The molecule has 17 heavy (non-hydrogen) atoms. The van der Waals surface area contributed by atoms with E-state index in [0.29, 0.717) is 12.6 Å². The van der Waals surface area contributed by atoms with Gasteiger partial charge in [0.2, 0.25) is 0 Å². The second kappa shape index (κ2) is 6.07. The first kappa shape index (κ1) is 12.4. The maximum absolute atomic E-state index is 3.93. The van der Waals surface area contributed by atoms with Gasteiger partial charge in [0.15, 0.2) is 5.82 Å². The third-order valence-electron chi connectivity index (χ3n) is 3.15. The van der Waals surface area contributed by atoms with E-state index < -0.39 is 0 Å². The van der Waals surface area contributed by atoms with E-state index in [2.05, 4.69) is 44.7 Å². The van der Waals surface area contributed by atoms with Crippen molar-refractivity contribution in [3.63, 3.8) is 0 Å². The van der Waals surface area contributed by atoms with Crippen LogP contribution in [-0.4, -0.2) is 51.2 Å². The van der Waals surface area contributed by atoms with E-state index in [1.807, 2.05) is 0 Å². The Morgan fingerprint density at radius 2 is 2.18 bits per heavy atom. The number of aromatic amines is 1. The second-order valence-corrected chi connectivity index (χ2v) is 5.18. The average Bonchev–Trinajstić information content (AvgIpc) is 2.80. The van der Waals surface area contributed by atoms with Crippen LogP contribution in [0.25, 0.3) is 0 Å². The number of aromatic nitrogens is 4. The molecule has 0 atom stereocenters. The fourth-order valence-corrected chi connectivity index (χ4v) is 2.33. The number of H-pyrrole nitrogens is 1. The van der Waals surface area contributed by atoms with Crippen LogP contribution in [0.3, 0.4) is 0 Å². The quantitative estimate of drug-likeness (QED) is 0.777. The van der Waals surface area contributed by atoms with Gasteiger partial charge in [0.05, 0.1) is 6.54 Å². The Balaban J connectivity index is 1.65. The van der Waals surface area contributed by atoms with Gasteiger partial charge in [-0.25, -0.2) is 0 Å². The number of rotatable bonds is 5. The largest absolute Gasteiger partial charge is 0.307 e. The van der Waals surface area contributed by atoms with Gasteiger partial charge in [-0.1, -0.05) is 19.1 Å². The summed E-state index contributed by atoms with van der Waals surface area (Å²) in [6, 6.07) is 0.594. The molecule has 0 aliphatic carbocycles. The van der Waals surface area contributed by atoms with Crippen LogP contribution in [0.1, 0.15) is 32.5 Å². The molecule has 6 heteroatoms. The number of nitrogens with zero attached hydrogens (tertiary/aromatic N) is 4. The summed E-state index contributed by atoms with van der Waals surface area (Å²) in [5, 5.41) is 17.4. The van der Waals surface area contributed by atoms with Gasteiger partial charge in [0.25, 0.3) is 0 Å². The van der Waals surface area contributed by atoms with Crippen molar-refractivity contribution >= 4 is 0 Å². The molecule has 6 nitrogen and oxygen atoms in total. The molecular weight excluding hydrogens is 216 g/mol. The Kier molecular flexibility index (Phi) is 4.44. The predicted molar refractivity (Wildman–Crippen MR) is 65.3 cm³/mol. The molecule has 96 valence electrons. The molecule has 1 aromatic heterocycles. The number of hydrogen-bond acceptors (Lipinski definition) is 5. The van der Waals surface area contributed by atoms with Gasteiger partial charge >= 0.3 is 0 Å². The fourth-order valence-electron chi connectivity index (χ4n) is 2.33. The Labute approximate surface area is 102 Å². The highest BCUT2D eigenvalue weighted by Crippen LogP contribution is 2.12. The molecule has 0 spiro atoms. The van der Waals surface area contributed by atoms with Gasteiger partial charge in [-0.15, -0.1) is 10.2 Å². The first-order valence-corrected chi connectivity index (χ1v) is 6.42. The highest BCUT2D eigenvalue weighted by molar-refractivity contribution is 4.81. The maximum atomic E-state index is 3.93. The summed E-state index contributed by atoms with van der Waals surface area (Å²) in [6.45, 7) is 8.88. The van der Waals surface area contributed by atoms with Crippen LogP contribution >= 0.6 is 0 Å². The minimum Gasteiger partial charge on any atom is -0.307 e. The Bertz CT molecular complexity index is 302. The van der Waals surface area contributed by atoms with Gasteiger partial charge in [0.1, 0.15) is 0 Å². The number of nitrogens with one attached hydrogen (secondary N) is 2. The molecule has 2 rings (SSSR count). The SMILES string of the molecule is CC(C)CN1CCC(NCc2nn[nH]n2)CC1. The highest BCUT2D eigenvalue weighted by Gasteiger charge is 2.19. The van der Waals surface area contributed by atoms with E-state index in [0.717, 1.165) is 11.7 Å². The Morgan fingerprint density at radius 3 is 2.76 bits per heavy atom. The van der Waals surface area contributed by atoms with Crippen LogP contribution in [0.5, 0.6) is 0 Å². The van der Waals surface area contributed by atoms with E-state index in [1.165, 1.54) is 32.5 Å². The van der Waals surface area contributed by atoms with Crippen LogP contribution in [0.2, 0.25) is 0 Å². The highest BCUT2D eigenvalue weighted by atomic mass is 15.5. The van der Waals surface area contributed by atoms with E-state index >= 15 is 0 Å². The molecule has 2 N–H and O–H groups in total. The zero-order valence-corrected chi connectivity index (χ0v) is 10.7. The third kappa shape index (κ3) is 4.05. The minimum atomic E-state index is 0.594. The van der Waals surface area contributed by atoms with Crippen molar-refractivity contribution in [2.75, 3.05) is 19.6 Å². The molecule has 0 bridgehead atoms. The molecule has 1 saturated heterocycles. The summed E-state index contributed by atoms with van der Waals surface area (Å²) in [4.78, 5) is 2.55. The van der Waals surface area contributed by atoms with Crippen molar-refractivity contribution in [2.45, 2.75) is 39.3 Å². The summed E-state index contributed by atoms with van der Waals surface area (Å²) in [5.74, 6) is 1.51. The van der Waals surface area contributed by atoms with Crippen molar-refractivity contribution in [2.24, 2.45) is 5.92 Å². The van der Waals surface area contributed by atoms with Crippen molar-refractivity contribution < 1.29 is 0 Å². The van der Waals surface area contributed by atoms with E-state index in [4.69, 9.17) is 0 Å². The average molecular weight is 238 g/mol. The number of piperidine rings is 1. The summed E-state index contributed by atoms with van der Waals surface area (Å²) in [5.41, 5.74) is 0. The van der Waals surface area contributed by atoms with Crippen molar-refractivity contribution in [3.8, 4) is 0 Å². The minimum absolute atomic E-state index is 0.594. The van der Waals surface area contributed by atoms with Gasteiger partial charge in [0, 0.05) is 12.6 Å². The molecule has 0 aromatic carbocycles. The molecule has 1 aliphatic heterocycles. The molecule has 1 aliphatic rings. The molecule has 0 radical (unpaired) electrons. The van der Waals surface area contributed by atoms with Gasteiger partial charge in [-0.3, -0.25) is 0 Å². The first-order valence-electron chi connectivity index (χ1n) is 6.42. The zero-order chi connectivity index (χ0) is 12.1. The lowest BCUT2D eigenvalue weighted by Gasteiger charge is -2.33. The van der Waals surface area contributed by atoms with Gasteiger partial charge in [-0.2, -0.15) is 5.21 Å². The predicted octanol–water partition coefficient (Wildman–Crippen LogP) is 0.410. The van der Waals surface area contributed by atoms with Crippen LogP contribution in [0, 0.1) is 5.92 Å². The third-order valence-corrected chi connectivity index (χ3v) is 3.15. The monoisotopic (exact) mass is 238 g/mol. The smallest absolute Gasteiger partial charge is 0.188 e. The van der Waals surface area contributed by atoms with E-state index in [1.54, 1.807) is 0 Å². The number of hydrogen-bond donors (Lipinski definition) is 2. The summed E-state index contributed by atoms with van der Waals surface area (Å²) in [6.07, 6.45) is 2.43. The number of tetrazole rings is 1. The standard InChI is InChI=1S/C11H22N6/c1-9(2)8-17-5-3-10(4-6-17)12-7-11-13-15-16-14-11/h9-10,12H,3-8H2,1-2H3,(H,13,14,15,16). The van der Waals surface area contributed by atoms with Crippen LogP contribution < -0.4 is 5.32 Å². The normalized spacial score (nSPS) is 19.0. The van der Waals surface area contributed by atoms with Crippen molar-refractivity contribution in [1.82, 2.24) is 30.8 Å². The van der Waals surface area contributed by atoms with Crippen LogP contribution in [0.15, 0.2) is 0 Å². The Hall–Kier alpha value is -1.01. The van der Waals surface area contributed by atoms with Crippen molar-refractivity contribution in [1.29, 1.82) is 0 Å². The molecule has 0 amide bonds. The van der Waals surface area contributed by atoms with Crippen molar-refractivity contribution in [3.05, 3.63) is 5.82 Å². The molecule has 1 fully saturated rings. The molecule has 0 unspecified atom stereocenters. The topological polar surface area (TPSA) is 69.7 Å². The zero-order valence-electron chi connectivity index (χ0n) is 10.7.